The van der Waals surface area contributed by atoms with Crippen molar-refractivity contribution in [3.8, 4) is 28.7 Å². The molecule has 3 N–H and O–H groups in total. The molecule has 0 radical (unpaired) electrons. The summed E-state index contributed by atoms with van der Waals surface area (Å²) in [5.41, 5.74) is 7.64. The molecule has 2 unspecified atom stereocenters. The van der Waals surface area contributed by atoms with Gasteiger partial charge in [0.05, 0.1) is 39.6 Å². The van der Waals surface area contributed by atoms with Crippen LogP contribution in [-0.2, 0) is 14.4 Å². The Balaban J connectivity index is 1.39. The molecule has 3 aromatic carbocycles. The number of fused-ring (bicyclic) bond motifs is 1. The summed E-state index contributed by atoms with van der Waals surface area (Å²) in [5.74, 6) is -1.93. The third-order valence-electron chi connectivity index (χ3n) is 7.64. The van der Waals surface area contributed by atoms with Crippen LogP contribution in [-0.4, -0.2) is 69.0 Å². The van der Waals surface area contributed by atoms with E-state index in [9.17, 15) is 24.0 Å². The van der Waals surface area contributed by atoms with Gasteiger partial charge in [0.2, 0.25) is 17.6 Å². The molecule has 2 aliphatic rings. The summed E-state index contributed by atoms with van der Waals surface area (Å²) in [6, 6.07) is 10.2. The molecule has 2 heterocycles. The Morgan fingerprint density at radius 1 is 0.848 bits per heavy atom. The molecule has 4 amide bonds. The molecule has 3 aromatic rings. The summed E-state index contributed by atoms with van der Waals surface area (Å²) in [4.78, 5) is 64.9. The Morgan fingerprint density at radius 2 is 1.50 bits per heavy atom. The number of nitrogens with zero attached hydrogens (tertiary/aromatic N) is 1. The fraction of sp³-hybridized carbons (Fsp3) is 0.242. The monoisotopic (exact) mass is 629 g/mol. The molecule has 5 rings (SSSR count). The van der Waals surface area contributed by atoms with E-state index in [0.29, 0.717) is 22.8 Å². The quantitative estimate of drug-likeness (QED) is 0.146. The number of esters is 1. The van der Waals surface area contributed by atoms with Crippen LogP contribution < -0.4 is 34.7 Å². The summed E-state index contributed by atoms with van der Waals surface area (Å²) < 4.78 is 27.2. The zero-order valence-corrected chi connectivity index (χ0v) is 25.4. The second kappa shape index (κ2) is 13.1. The number of amides is 4. The molecular weight excluding hydrogens is 598 g/mol. The summed E-state index contributed by atoms with van der Waals surface area (Å²) in [7, 11) is 5.97. The van der Waals surface area contributed by atoms with Crippen molar-refractivity contribution in [2.75, 3.05) is 28.4 Å². The third kappa shape index (κ3) is 5.87. The van der Waals surface area contributed by atoms with E-state index in [1.54, 1.807) is 42.5 Å². The summed E-state index contributed by atoms with van der Waals surface area (Å²) in [6.45, 7) is 0. The summed E-state index contributed by atoms with van der Waals surface area (Å²) >= 11 is 0. The van der Waals surface area contributed by atoms with Crippen molar-refractivity contribution in [2.45, 2.75) is 24.9 Å². The molecule has 0 spiro atoms. The van der Waals surface area contributed by atoms with Gasteiger partial charge in [0.1, 0.15) is 12.1 Å². The maximum Gasteiger partial charge on any atom is 0.333 e. The van der Waals surface area contributed by atoms with Crippen molar-refractivity contribution in [2.24, 2.45) is 5.73 Å². The van der Waals surface area contributed by atoms with Crippen molar-refractivity contribution in [1.29, 1.82) is 0 Å². The van der Waals surface area contributed by atoms with Gasteiger partial charge in [-0.05, 0) is 53.4 Å². The Morgan fingerprint density at radius 3 is 2.13 bits per heavy atom. The first-order valence-corrected chi connectivity index (χ1v) is 14.1. The first-order valence-electron chi connectivity index (χ1n) is 14.1. The topological polar surface area (TPSA) is 173 Å². The van der Waals surface area contributed by atoms with Crippen molar-refractivity contribution < 1.29 is 47.7 Å². The van der Waals surface area contributed by atoms with Gasteiger partial charge in [-0.2, -0.15) is 0 Å². The van der Waals surface area contributed by atoms with Crippen molar-refractivity contribution >= 4 is 41.8 Å². The number of nitrogens with one attached hydrogen (secondary N) is 1. The second-order valence-electron chi connectivity index (χ2n) is 10.3. The molecule has 0 aromatic heterocycles. The van der Waals surface area contributed by atoms with Crippen molar-refractivity contribution in [3.63, 3.8) is 0 Å². The Bertz CT molecular complexity index is 1760. The molecule has 13 nitrogen and oxygen atoms in total. The van der Waals surface area contributed by atoms with Gasteiger partial charge in [-0.3, -0.25) is 29.4 Å². The van der Waals surface area contributed by atoms with E-state index in [2.05, 4.69) is 5.32 Å². The van der Waals surface area contributed by atoms with Crippen molar-refractivity contribution in [1.82, 2.24) is 10.2 Å². The summed E-state index contributed by atoms with van der Waals surface area (Å²) in [6.07, 6.45) is 3.54. The lowest BCUT2D eigenvalue weighted by Crippen LogP contribution is -2.54. The lowest BCUT2D eigenvalue weighted by molar-refractivity contribution is -0.137. The molecule has 2 atom stereocenters. The van der Waals surface area contributed by atoms with E-state index in [1.807, 2.05) is 0 Å². The highest BCUT2D eigenvalue weighted by atomic mass is 16.6. The van der Waals surface area contributed by atoms with Gasteiger partial charge in [-0.25, -0.2) is 4.79 Å². The Labute approximate surface area is 263 Å². The van der Waals surface area contributed by atoms with Crippen LogP contribution in [0.2, 0.25) is 0 Å². The van der Waals surface area contributed by atoms with Gasteiger partial charge in [0.15, 0.2) is 23.0 Å². The Hall–Kier alpha value is -5.69. The molecule has 1 fully saturated rings. The number of methoxy groups -OCH3 is 4. The number of benzene rings is 3. The predicted octanol–water partition coefficient (Wildman–Crippen LogP) is 2.90. The van der Waals surface area contributed by atoms with Crippen LogP contribution in [0.4, 0.5) is 0 Å². The van der Waals surface area contributed by atoms with Crippen LogP contribution in [0.3, 0.4) is 0 Å². The maximum absolute atomic E-state index is 13.5. The van der Waals surface area contributed by atoms with Crippen molar-refractivity contribution in [3.05, 3.63) is 76.3 Å². The number of nitrogens with two attached hydrogens (primary N) is 1. The molecule has 0 bridgehead atoms. The predicted molar refractivity (Wildman–Crippen MR) is 164 cm³/mol. The van der Waals surface area contributed by atoms with E-state index in [-0.39, 0.29) is 41.0 Å². The average Bonchev–Trinajstić information content (AvgIpc) is 3.31. The van der Waals surface area contributed by atoms with Gasteiger partial charge in [-0.1, -0.05) is 30.4 Å². The van der Waals surface area contributed by atoms with Gasteiger partial charge in [0.25, 0.3) is 11.8 Å². The molecule has 0 aliphatic carbocycles. The van der Waals surface area contributed by atoms with Crippen LogP contribution >= 0.6 is 0 Å². The number of ether oxygens (including phenoxy) is 5. The number of rotatable bonds is 10. The van der Waals surface area contributed by atoms with Gasteiger partial charge >= 0.3 is 5.97 Å². The second-order valence-corrected chi connectivity index (χ2v) is 10.3. The normalized spacial score (nSPS) is 16.6. The minimum absolute atomic E-state index is 0.00745. The van der Waals surface area contributed by atoms with Crippen LogP contribution in [0.15, 0.2) is 48.5 Å². The molecular formula is C33H31N3O10. The zero-order chi connectivity index (χ0) is 33.1. The molecule has 46 heavy (non-hydrogen) atoms. The van der Waals surface area contributed by atoms with E-state index in [0.717, 1.165) is 10.5 Å². The summed E-state index contributed by atoms with van der Waals surface area (Å²) in [5, 5.41) is 2.15. The highest BCUT2D eigenvalue weighted by Crippen LogP contribution is 2.39. The molecule has 2 aliphatic heterocycles. The first kappa shape index (κ1) is 31.7. The van der Waals surface area contributed by atoms with E-state index < -0.39 is 41.7 Å². The van der Waals surface area contributed by atoms with Crippen LogP contribution in [0.25, 0.3) is 12.2 Å². The van der Waals surface area contributed by atoms with E-state index >= 15 is 0 Å². The maximum atomic E-state index is 13.5. The zero-order valence-electron chi connectivity index (χ0n) is 25.4. The van der Waals surface area contributed by atoms with Crippen LogP contribution in [0, 0.1) is 0 Å². The van der Waals surface area contributed by atoms with Gasteiger partial charge < -0.3 is 29.4 Å². The molecule has 238 valence electrons. The number of piperidine rings is 1. The number of carbonyl (C=O) groups is 5. The smallest absolute Gasteiger partial charge is 0.333 e. The number of hydrogen-bond acceptors (Lipinski definition) is 11. The highest BCUT2D eigenvalue weighted by Gasteiger charge is 2.46. The number of hydrogen-bond donors (Lipinski definition) is 2. The minimum Gasteiger partial charge on any atom is -0.493 e. The third-order valence-corrected chi connectivity index (χ3v) is 7.64. The van der Waals surface area contributed by atoms with E-state index in [1.165, 1.54) is 46.6 Å². The largest absolute Gasteiger partial charge is 0.493 e. The Kier molecular flexibility index (Phi) is 9.05. The van der Waals surface area contributed by atoms with Gasteiger partial charge in [0, 0.05) is 6.42 Å². The van der Waals surface area contributed by atoms with E-state index in [4.69, 9.17) is 29.4 Å². The standard InChI is InChI=1S/C33H31N3O10/c1-42-22-12-10-17(8-9-18-15-24(43-2)29(45-4)25(16-18)44-3)14-23(22)46-33(41)28(34)19-6-5-7-20-27(19)32(40)36(31(20)39)21-11-13-26(37)35-30(21)38/h5-10,12,14-16,21,28H,11,13,34H2,1-4H3,(H,35,37,38)/b9-8-. The van der Waals surface area contributed by atoms with Gasteiger partial charge in [-0.15, -0.1) is 0 Å². The lowest BCUT2D eigenvalue weighted by Gasteiger charge is -2.27. The number of carbonyl (C=O) groups excluding carboxylic acids is 5. The fourth-order valence-corrected chi connectivity index (χ4v) is 5.37. The SMILES string of the molecule is COc1ccc(/C=C\c2cc(OC)c(OC)c(OC)c2)cc1OC(=O)C(N)c1cccc2c1C(=O)N(C1CCC(=O)NC1=O)C2=O. The highest BCUT2D eigenvalue weighted by molar-refractivity contribution is 6.24. The fourth-order valence-electron chi connectivity index (χ4n) is 5.37. The van der Waals surface area contributed by atoms with Crippen LogP contribution in [0.5, 0.6) is 28.7 Å². The molecule has 1 saturated heterocycles. The molecule has 0 saturated carbocycles. The minimum atomic E-state index is -1.48. The number of imide groups is 2. The average molecular weight is 630 g/mol. The lowest BCUT2D eigenvalue weighted by atomic mass is 9.97. The first-order chi connectivity index (χ1) is 22.1. The van der Waals surface area contributed by atoms with Crippen LogP contribution in [0.1, 0.15) is 56.3 Å². The molecule has 13 heteroatoms.